The molecule has 0 radical (unpaired) electrons. The Kier molecular flexibility index (Phi) is 7.57. The molecule has 1 aliphatic rings. The highest BCUT2D eigenvalue weighted by Crippen LogP contribution is 2.35. The van der Waals surface area contributed by atoms with Crippen LogP contribution in [0.2, 0.25) is 10.0 Å². The first kappa shape index (κ1) is 24.1. The smallest absolute Gasteiger partial charge is 0.343 e. The predicted molar refractivity (Wildman–Crippen MR) is 122 cm³/mol. The molecule has 1 saturated heterocycles. The van der Waals surface area contributed by atoms with Crippen molar-refractivity contribution in [2.75, 3.05) is 25.6 Å². The summed E-state index contributed by atoms with van der Waals surface area (Å²) in [5.74, 6) is -1.75. The van der Waals surface area contributed by atoms with Gasteiger partial charge in [0.25, 0.3) is 5.91 Å². The van der Waals surface area contributed by atoms with Gasteiger partial charge in [-0.3, -0.25) is 9.59 Å². The van der Waals surface area contributed by atoms with Crippen LogP contribution in [0.15, 0.2) is 42.1 Å². The fraction of sp³-hybridized carbons (Fsp3) is 0.182. The summed E-state index contributed by atoms with van der Waals surface area (Å²) in [5.41, 5.74) is 1.84. The minimum absolute atomic E-state index is 0.0567. The molecule has 2 N–H and O–H groups in total. The normalized spacial score (nSPS) is 14.3. The second kappa shape index (κ2) is 10.4. The zero-order valence-corrected chi connectivity index (χ0v) is 19.1. The number of hydrogen-bond donors (Lipinski definition) is 2. The summed E-state index contributed by atoms with van der Waals surface area (Å²) in [6.45, 7) is 1.03. The van der Waals surface area contributed by atoms with E-state index in [0.29, 0.717) is 11.3 Å². The second-order valence-electron chi connectivity index (χ2n) is 6.98. The molecule has 2 aromatic rings. The number of carbonyl (C=O) groups excluding carboxylic acids is 4. The van der Waals surface area contributed by atoms with Crippen LogP contribution in [0.25, 0.3) is 6.08 Å². The van der Waals surface area contributed by atoms with Crippen LogP contribution in [0.4, 0.5) is 10.5 Å². The molecule has 11 heteroatoms. The highest BCUT2D eigenvalue weighted by Gasteiger charge is 2.35. The number of esters is 1. The van der Waals surface area contributed by atoms with Crippen molar-refractivity contribution in [3.8, 4) is 5.75 Å². The molecule has 0 aromatic heterocycles. The van der Waals surface area contributed by atoms with Crippen molar-refractivity contribution in [1.29, 1.82) is 0 Å². The van der Waals surface area contributed by atoms with E-state index in [1.54, 1.807) is 18.2 Å². The Morgan fingerprint density at radius 3 is 2.48 bits per heavy atom. The fourth-order valence-electron chi connectivity index (χ4n) is 2.94. The van der Waals surface area contributed by atoms with Gasteiger partial charge in [-0.15, -0.1) is 0 Å². The van der Waals surface area contributed by atoms with Crippen molar-refractivity contribution < 1.29 is 28.7 Å². The van der Waals surface area contributed by atoms with Crippen molar-refractivity contribution in [1.82, 2.24) is 10.2 Å². The topological polar surface area (TPSA) is 114 Å². The maximum absolute atomic E-state index is 12.7. The standard InChI is InChI=1S/C22H19Cl2N3O6/c1-12-4-3-5-14(6-12)25-18(28)10-27-21(30)17(26-22(27)31)9-13-7-15(23)20(16(24)8-13)33-11-19(29)32-2/h3-9H,10-11H2,1-2H3,(H,25,28)(H,26,31)/b17-9+. The van der Waals surface area contributed by atoms with E-state index in [1.165, 1.54) is 25.3 Å². The number of ether oxygens (including phenoxy) is 2. The van der Waals surface area contributed by atoms with Gasteiger partial charge in [-0.05, 0) is 48.4 Å². The van der Waals surface area contributed by atoms with Gasteiger partial charge < -0.3 is 20.1 Å². The number of halogens is 2. The highest BCUT2D eigenvalue weighted by molar-refractivity contribution is 6.37. The Balaban J connectivity index is 1.71. The number of imide groups is 1. The monoisotopic (exact) mass is 491 g/mol. The summed E-state index contributed by atoms with van der Waals surface area (Å²) in [4.78, 5) is 49.2. The fourth-order valence-corrected chi connectivity index (χ4v) is 3.55. The Labute approximate surface area is 199 Å². The van der Waals surface area contributed by atoms with E-state index in [2.05, 4.69) is 15.4 Å². The van der Waals surface area contributed by atoms with Gasteiger partial charge in [-0.1, -0.05) is 35.3 Å². The number of rotatable bonds is 7. The largest absolute Gasteiger partial charge is 0.479 e. The maximum atomic E-state index is 12.7. The number of urea groups is 1. The molecule has 0 atom stereocenters. The maximum Gasteiger partial charge on any atom is 0.343 e. The third-order valence-corrected chi connectivity index (χ3v) is 5.02. The lowest BCUT2D eigenvalue weighted by Gasteiger charge is -2.12. The summed E-state index contributed by atoms with van der Waals surface area (Å²) in [7, 11) is 1.21. The van der Waals surface area contributed by atoms with Crippen molar-refractivity contribution in [2.24, 2.45) is 0 Å². The second-order valence-corrected chi connectivity index (χ2v) is 7.79. The van der Waals surface area contributed by atoms with Gasteiger partial charge in [0.2, 0.25) is 5.91 Å². The third kappa shape index (κ3) is 6.03. The number of methoxy groups -OCH3 is 1. The van der Waals surface area contributed by atoms with E-state index in [1.807, 2.05) is 13.0 Å². The van der Waals surface area contributed by atoms with Crippen LogP contribution >= 0.6 is 23.2 Å². The Morgan fingerprint density at radius 1 is 1.15 bits per heavy atom. The highest BCUT2D eigenvalue weighted by atomic mass is 35.5. The van der Waals surface area contributed by atoms with Gasteiger partial charge >= 0.3 is 12.0 Å². The first-order valence-electron chi connectivity index (χ1n) is 9.57. The van der Waals surface area contributed by atoms with E-state index in [0.717, 1.165) is 10.5 Å². The molecular formula is C22H19Cl2N3O6. The molecule has 4 amide bonds. The third-order valence-electron chi connectivity index (χ3n) is 4.46. The Hall–Kier alpha value is -3.56. The van der Waals surface area contributed by atoms with Crippen LogP contribution in [0.1, 0.15) is 11.1 Å². The van der Waals surface area contributed by atoms with Gasteiger partial charge in [0.15, 0.2) is 12.4 Å². The minimum Gasteiger partial charge on any atom is -0.479 e. The molecule has 1 heterocycles. The lowest BCUT2D eigenvalue weighted by Crippen LogP contribution is -2.38. The molecule has 33 heavy (non-hydrogen) atoms. The van der Waals surface area contributed by atoms with Crippen LogP contribution in [-0.2, 0) is 19.1 Å². The average molecular weight is 492 g/mol. The zero-order valence-electron chi connectivity index (χ0n) is 17.6. The summed E-state index contributed by atoms with van der Waals surface area (Å²) in [6, 6.07) is 9.28. The molecule has 0 unspecified atom stereocenters. The Morgan fingerprint density at radius 2 is 1.85 bits per heavy atom. The van der Waals surface area contributed by atoms with Gasteiger partial charge in [0.1, 0.15) is 12.2 Å². The Bertz CT molecular complexity index is 1140. The average Bonchev–Trinajstić information content (AvgIpc) is 3.00. The van der Waals surface area contributed by atoms with E-state index >= 15 is 0 Å². The number of benzene rings is 2. The number of nitrogens with zero attached hydrogens (tertiary/aromatic N) is 1. The van der Waals surface area contributed by atoms with Crippen LogP contribution in [0.3, 0.4) is 0 Å². The van der Waals surface area contributed by atoms with Crippen LogP contribution in [-0.4, -0.2) is 49.0 Å². The molecule has 0 spiro atoms. The van der Waals surface area contributed by atoms with Gasteiger partial charge in [-0.2, -0.15) is 0 Å². The molecule has 3 rings (SSSR count). The summed E-state index contributed by atoms with van der Waals surface area (Å²) < 4.78 is 9.74. The van der Waals surface area contributed by atoms with Gasteiger partial charge in [-0.25, -0.2) is 14.5 Å². The van der Waals surface area contributed by atoms with E-state index in [-0.39, 0.29) is 28.1 Å². The first-order chi connectivity index (χ1) is 15.7. The molecule has 172 valence electrons. The molecule has 9 nitrogen and oxygen atoms in total. The van der Waals surface area contributed by atoms with Crippen LogP contribution in [0.5, 0.6) is 5.75 Å². The number of aryl methyl sites for hydroxylation is 1. The molecule has 1 aliphatic heterocycles. The first-order valence-corrected chi connectivity index (χ1v) is 10.3. The van der Waals surface area contributed by atoms with Crippen LogP contribution in [0, 0.1) is 6.92 Å². The number of hydrogen-bond acceptors (Lipinski definition) is 6. The lowest BCUT2D eigenvalue weighted by atomic mass is 10.1. The van der Waals surface area contributed by atoms with E-state index in [9.17, 15) is 19.2 Å². The van der Waals surface area contributed by atoms with Crippen molar-refractivity contribution in [2.45, 2.75) is 6.92 Å². The van der Waals surface area contributed by atoms with Crippen molar-refractivity contribution >= 4 is 58.8 Å². The number of carbonyl (C=O) groups is 4. The molecule has 0 bridgehead atoms. The number of anilines is 1. The molecule has 1 fully saturated rings. The van der Waals surface area contributed by atoms with E-state index < -0.39 is 30.4 Å². The van der Waals surface area contributed by atoms with Gasteiger partial charge in [0.05, 0.1) is 17.2 Å². The minimum atomic E-state index is -0.735. The lowest BCUT2D eigenvalue weighted by molar-refractivity contribution is -0.142. The summed E-state index contributed by atoms with van der Waals surface area (Å²) in [5, 5.41) is 5.24. The molecule has 0 aliphatic carbocycles. The summed E-state index contributed by atoms with van der Waals surface area (Å²) in [6.07, 6.45) is 1.36. The van der Waals surface area contributed by atoms with Crippen LogP contribution < -0.4 is 15.4 Å². The number of nitrogens with one attached hydrogen (secondary N) is 2. The van der Waals surface area contributed by atoms with Crippen molar-refractivity contribution in [3.63, 3.8) is 0 Å². The van der Waals surface area contributed by atoms with E-state index in [4.69, 9.17) is 27.9 Å². The molecule has 0 saturated carbocycles. The van der Waals surface area contributed by atoms with Gasteiger partial charge in [0, 0.05) is 5.69 Å². The quantitative estimate of drug-likeness (QED) is 0.348. The molecule has 2 aromatic carbocycles. The summed E-state index contributed by atoms with van der Waals surface area (Å²) >= 11 is 12.3. The number of amides is 4. The predicted octanol–water partition coefficient (Wildman–Crippen LogP) is 3.39. The SMILES string of the molecule is COC(=O)COc1c(Cl)cc(/C=C2/NC(=O)N(CC(=O)Nc3cccc(C)c3)C2=O)cc1Cl. The molecular weight excluding hydrogens is 473 g/mol. The van der Waals surface area contributed by atoms with Crippen molar-refractivity contribution in [3.05, 3.63) is 63.3 Å². The zero-order chi connectivity index (χ0) is 24.1.